The summed E-state index contributed by atoms with van der Waals surface area (Å²) < 4.78 is 0. The molecule has 0 radical (unpaired) electrons. The summed E-state index contributed by atoms with van der Waals surface area (Å²) in [7, 11) is 0. The Kier molecular flexibility index (Phi) is 6.15. The van der Waals surface area contributed by atoms with Crippen LogP contribution in [0.2, 0.25) is 0 Å². The number of likely N-dealkylation sites (tertiary alicyclic amines) is 1. The van der Waals surface area contributed by atoms with E-state index in [1.54, 1.807) is 0 Å². The number of nitrogens with one attached hydrogen (secondary N) is 1. The third-order valence-corrected chi connectivity index (χ3v) is 5.04. The Morgan fingerprint density at radius 1 is 1.05 bits per heavy atom. The van der Waals surface area contributed by atoms with Gasteiger partial charge in [0, 0.05) is 18.6 Å². The largest absolute Gasteiger partial charge is 0.311 e. The first-order valence-corrected chi connectivity index (χ1v) is 8.65. The van der Waals surface area contributed by atoms with Gasteiger partial charge in [-0.1, -0.05) is 40.0 Å². The van der Waals surface area contributed by atoms with Crippen molar-refractivity contribution >= 4 is 0 Å². The summed E-state index contributed by atoms with van der Waals surface area (Å²) in [4.78, 5) is 2.65. The van der Waals surface area contributed by atoms with Crippen molar-refractivity contribution in [1.29, 1.82) is 0 Å². The first-order chi connectivity index (χ1) is 9.17. The van der Waals surface area contributed by atoms with Gasteiger partial charge in [0.15, 0.2) is 0 Å². The Morgan fingerprint density at radius 3 is 2.42 bits per heavy atom. The summed E-state index contributed by atoms with van der Waals surface area (Å²) in [6, 6.07) is 1.62. The second-order valence-corrected chi connectivity index (χ2v) is 7.27. The maximum Gasteiger partial charge on any atom is 0.00940 e. The molecule has 1 saturated heterocycles. The lowest BCUT2D eigenvalue weighted by Crippen LogP contribution is -2.48. The van der Waals surface area contributed by atoms with Crippen LogP contribution in [0.25, 0.3) is 0 Å². The van der Waals surface area contributed by atoms with E-state index in [2.05, 4.69) is 31.0 Å². The SMILES string of the molecule is CCC1CCCC(NC2CCN(CC(C)C)CC2)C1. The maximum atomic E-state index is 3.97. The van der Waals surface area contributed by atoms with Gasteiger partial charge in [0.25, 0.3) is 0 Å². The normalized spacial score (nSPS) is 30.9. The fourth-order valence-corrected chi connectivity index (χ4v) is 3.95. The average molecular weight is 266 g/mol. The lowest BCUT2D eigenvalue weighted by Gasteiger charge is -2.37. The molecule has 2 unspecified atom stereocenters. The van der Waals surface area contributed by atoms with E-state index in [1.165, 1.54) is 64.6 Å². The van der Waals surface area contributed by atoms with Gasteiger partial charge in [-0.25, -0.2) is 0 Å². The molecule has 1 aliphatic carbocycles. The topological polar surface area (TPSA) is 15.3 Å². The molecule has 2 rings (SSSR count). The van der Waals surface area contributed by atoms with Crippen molar-refractivity contribution in [2.24, 2.45) is 11.8 Å². The van der Waals surface area contributed by atoms with Crippen molar-refractivity contribution in [3.63, 3.8) is 0 Å². The zero-order valence-electron chi connectivity index (χ0n) is 13.3. The van der Waals surface area contributed by atoms with Crippen LogP contribution in [0.4, 0.5) is 0 Å². The highest BCUT2D eigenvalue weighted by molar-refractivity contribution is 4.84. The van der Waals surface area contributed by atoms with Crippen molar-refractivity contribution < 1.29 is 0 Å². The van der Waals surface area contributed by atoms with Gasteiger partial charge in [-0.15, -0.1) is 0 Å². The summed E-state index contributed by atoms with van der Waals surface area (Å²) in [5.74, 6) is 1.81. The molecule has 2 fully saturated rings. The Balaban J connectivity index is 1.67. The van der Waals surface area contributed by atoms with Crippen LogP contribution in [0, 0.1) is 11.8 Å². The molecule has 0 aromatic carbocycles. The number of rotatable bonds is 5. The minimum absolute atomic E-state index is 0.795. The van der Waals surface area contributed by atoms with Crippen molar-refractivity contribution in [2.75, 3.05) is 19.6 Å². The molecule has 1 aliphatic heterocycles. The van der Waals surface area contributed by atoms with Crippen LogP contribution in [0.15, 0.2) is 0 Å². The second-order valence-electron chi connectivity index (χ2n) is 7.27. The van der Waals surface area contributed by atoms with E-state index >= 15 is 0 Å². The van der Waals surface area contributed by atoms with Gasteiger partial charge in [-0.2, -0.15) is 0 Å². The zero-order valence-corrected chi connectivity index (χ0v) is 13.3. The summed E-state index contributed by atoms with van der Waals surface area (Å²) >= 11 is 0. The highest BCUT2D eigenvalue weighted by Crippen LogP contribution is 2.27. The van der Waals surface area contributed by atoms with E-state index in [0.29, 0.717) is 0 Å². The minimum atomic E-state index is 0.795. The molecule has 1 saturated carbocycles. The molecule has 19 heavy (non-hydrogen) atoms. The molecule has 2 atom stereocenters. The Bertz CT molecular complexity index is 244. The summed E-state index contributed by atoms with van der Waals surface area (Å²) in [6.45, 7) is 10.9. The molecule has 2 heteroatoms. The quantitative estimate of drug-likeness (QED) is 0.817. The van der Waals surface area contributed by atoms with E-state index in [9.17, 15) is 0 Å². The molecule has 112 valence electrons. The van der Waals surface area contributed by atoms with Crippen LogP contribution >= 0.6 is 0 Å². The van der Waals surface area contributed by atoms with Gasteiger partial charge in [-0.05, 0) is 50.6 Å². The smallest absolute Gasteiger partial charge is 0.00940 e. The van der Waals surface area contributed by atoms with Crippen molar-refractivity contribution in [3.05, 3.63) is 0 Å². The molecule has 0 aromatic rings. The Hall–Kier alpha value is -0.0800. The molecule has 0 bridgehead atoms. The highest BCUT2D eigenvalue weighted by Gasteiger charge is 2.25. The van der Waals surface area contributed by atoms with Crippen molar-refractivity contribution in [2.45, 2.75) is 77.8 Å². The zero-order chi connectivity index (χ0) is 13.7. The molecule has 1 N–H and O–H groups in total. The summed E-state index contributed by atoms with van der Waals surface area (Å²) in [6.07, 6.45) is 9.88. The monoisotopic (exact) mass is 266 g/mol. The van der Waals surface area contributed by atoms with Crippen LogP contribution < -0.4 is 5.32 Å². The molecular formula is C17H34N2. The van der Waals surface area contributed by atoms with Gasteiger partial charge < -0.3 is 10.2 Å². The first kappa shape index (κ1) is 15.3. The van der Waals surface area contributed by atoms with Crippen LogP contribution in [-0.4, -0.2) is 36.6 Å². The van der Waals surface area contributed by atoms with E-state index in [0.717, 1.165) is 23.9 Å². The van der Waals surface area contributed by atoms with Gasteiger partial charge in [0.1, 0.15) is 0 Å². The third kappa shape index (κ3) is 5.07. The highest BCUT2D eigenvalue weighted by atomic mass is 15.1. The fraction of sp³-hybridized carbons (Fsp3) is 1.00. The molecule has 0 aromatic heterocycles. The molecule has 2 aliphatic rings. The number of hydrogen-bond donors (Lipinski definition) is 1. The van der Waals surface area contributed by atoms with E-state index in [1.807, 2.05) is 0 Å². The lowest BCUT2D eigenvalue weighted by molar-refractivity contribution is 0.163. The standard InChI is InChI=1S/C17H34N2/c1-4-15-6-5-7-17(12-15)18-16-8-10-19(11-9-16)13-14(2)3/h14-18H,4-13H2,1-3H3. The first-order valence-electron chi connectivity index (χ1n) is 8.65. The summed E-state index contributed by atoms with van der Waals surface area (Å²) in [5.41, 5.74) is 0. The predicted molar refractivity (Wildman–Crippen MR) is 83.5 cm³/mol. The number of piperidine rings is 1. The van der Waals surface area contributed by atoms with Crippen LogP contribution in [-0.2, 0) is 0 Å². The van der Waals surface area contributed by atoms with E-state index in [4.69, 9.17) is 0 Å². The Labute approximate surface area is 120 Å². The van der Waals surface area contributed by atoms with Crippen molar-refractivity contribution in [1.82, 2.24) is 10.2 Å². The van der Waals surface area contributed by atoms with E-state index < -0.39 is 0 Å². The van der Waals surface area contributed by atoms with Crippen molar-refractivity contribution in [3.8, 4) is 0 Å². The fourth-order valence-electron chi connectivity index (χ4n) is 3.95. The summed E-state index contributed by atoms with van der Waals surface area (Å²) in [5, 5.41) is 3.97. The number of hydrogen-bond acceptors (Lipinski definition) is 2. The maximum absolute atomic E-state index is 3.97. The van der Waals surface area contributed by atoms with Crippen LogP contribution in [0.3, 0.4) is 0 Å². The molecule has 2 nitrogen and oxygen atoms in total. The molecule has 1 heterocycles. The van der Waals surface area contributed by atoms with Gasteiger partial charge in [0.2, 0.25) is 0 Å². The third-order valence-electron chi connectivity index (χ3n) is 5.04. The van der Waals surface area contributed by atoms with Crippen LogP contribution in [0.5, 0.6) is 0 Å². The predicted octanol–water partition coefficient (Wildman–Crippen LogP) is 3.67. The average Bonchev–Trinajstić information content (AvgIpc) is 2.41. The van der Waals surface area contributed by atoms with Gasteiger partial charge in [0.05, 0.1) is 0 Å². The minimum Gasteiger partial charge on any atom is -0.311 e. The lowest BCUT2D eigenvalue weighted by atomic mass is 9.83. The van der Waals surface area contributed by atoms with Gasteiger partial charge in [-0.3, -0.25) is 0 Å². The molecule has 0 amide bonds. The molecule has 0 spiro atoms. The van der Waals surface area contributed by atoms with Gasteiger partial charge >= 0.3 is 0 Å². The van der Waals surface area contributed by atoms with E-state index in [-0.39, 0.29) is 0 Å². The second kappa shape index (κ2) is 7.64. The van der Waals surface area contributed by atoms with Crippen LogP contribution in [0.1, 0.15) is 65.7 Å². The molecular weight excluding hydrogens is 232 g/mol. The Morgan fingerprint density at radius 2 is 1.79 bits per heavy atom. The number of nitrogens with zero attached hydrogens (tertiary/aromatic N) is 1.